The molecule has 1 unspecified atom stereocenters. The third-order valence-corrected chi connectivity index (χ3v) is 4.40. The minimum atomic E-state index is -0.662. The second-order valence-electron chi connectivity index (χ2n) is 7.60. The van der Waals surface area contributed by atoms with Crippen LogP contribution in [0.15, 0.2) is 43.0 Å². The van der Waals surface area contributed by atoms with Gasteiger partial charge in [0.15, 0.2) is 5.79 Å². The largest absolute Gasteiger partial charge is 0.393 e. The van der Waals surface area contributed by atoms with Gasteiger partial charge in [-0.3, -0.25) is 0 Å². The van der Waals surface area contributed by atoms with E-state index < -0.39 is 17.5 Å². The maximum Gasteiger partial charge on any atom is 0.163 e. The number of rotatable bonds is 9. The Bertz CT molecular complexity index is 528. The summed E-state index contributed by atoms with van der Waals surface area (Å²) in [5, 5.41) is 10.1. The van der Waals surface area contributed by atoms with Crippen LogP contribution >= 0.6 is 0 Å². The van der Waals surface area contributed by atoms with E-state index in [0.29, 0.717) is 26.1 Å². The van der Waals surface area contributed by atoms with E-state index in [4.69, 9.17) is 14.2 Å². The van der Waals surface area contributed by atoms with E-state index in [1.165, 1.54) is 5.56 Å². The molecule has 0 aromatic heterocycles. The Morgan fingerprint density at radius 3 is 2.72 bits per heavy atom. The van der Waals surface area contributed by atoms with Crippen LogP contribution in [0.1, 0.15) is 52.0 Å². The van der Waals surface area contributed by atoms with Crippen LogP contribution in [-0.2, 0) is 20.8 Å². The van der Waals surface area contributed by atoms with Crippen molar-refractivity contribution in [3.63, 3.8) is 0 Å². The van der Waals surface area contributed by atoms with Gasteiger partial charge in [0.1, 0.15) is 0 Å². The molecule has 0 aliphatic carbocycles. The summed E-state index contributed by atoms with van der Waals surface area (Å²) in [4.78, 5) is 0. The van der Waals surface area contributed by atoms with Crippen molar-refractivity contribution in [2.75, 3.05) is 6.61 Å². The summed E-state index contributed by atoms with van der Waals surface area (Å²) in [7, 11) is 0. The van der Waals surface area contributed by atoms with Crippen molar-refractivity contribution >= 4 is 0 Å². The first-order valence-electron chi connectivity index (χ1n) is 9.10. The van der Waals surface area contributed by atoms with Gasteiger partial charge in [-0.1, -0.05) is 36.4 Å². The quantitative estimate of drug-likeness (QED) is 0.536. The van der Waals surface area contributed by atoms with E-state index in [1.807, 2.05) is 32.0 Å². The number of ether oxygens (including phenoxy) is 3. The molecule has 0 bridgehead atoms. The highest BCUT2D eigenvalue weighted by Crippen LogP contribution is 2.38. The molecule has 0 saturated carbocycles. The molecule has 0 radical (unpaired) electrons. The smallest absolute Gasteiger partial charge is 0.163 e. The van der Waals surface area contributed by atoms with Crippen LogP contribution < -0.4 is 0 Å². The van der Waals surface area contributed by atoms with E-state index in [0.717, 1.165) is 12.8 Å². The molecule has 4 heteroatoms. The fraction of sp³-hybridized carbons (Fsp3) is 0.619. The molecule has 4 nitrogen and oxygen atoms in total. The van der Waals surface area contributed by atoms with Gasteiger partial charge in [0, 0.05) is 19.4 Å². The highest BCUT2D eigenvalue weighted by molar-refractivity contribution is 5.13. The topological polar surface area (TPSA) is 47.9 Å². The van der Waals surface area contributed by atoms with Crippen LogP contribution in [0, 0.1) is 0 Å². The van der Waals surface area contributed by atoms with Gasteiger partial charge < -0.3 is 19.3 Å². The molecule has 1 fully saturated rings. The zero-order valence-electron chi connectivity index (χ0n) is 15.7. The SMILES string of the molecule is C=CCC(O)C[C@]1(C)C[C@H](CCOCc2ccccc2)OC(C)(C)O1. The summed E-state index contributed by atoms with van der Waals surface area (Å²) in [6.45, 7) is 10.9. The van der Waals surface area contributed by atoms with E-state index in [1.54, 1.807) is 6.08 Å². The normalized spacial score (nSPS) is 27.0. The molecule has 3 atom stereocenters. The summed E-state index contributed by atoms with van der Waals surface area (Å²) in [6.07, 6.45) is 4.07. The van der Waals surface area contributed by atoms with Gasteiger partial charge in [-0.25, -0.2) is 0 Å². The molecule has 1 aromatic rings. The lowest BCUT2D eigenvalue weighted by atomic mass is 9.88. The van der Waals surface area contributed by atoms with Crippen LogP contribution in [0.4, 0.5) is 0 Å². The first-order valence-corrected chi connectivity index (χ1v) is 9.10. The zero-order valence-corrected chi connectivity index (χ0v) is 15.7. The van der Waals surface area contributed by atoms with Gasteiger partial charge in [-0.05, 0) is 39.2 Å². The third-order valence-electron chi connectivity index (χ3n) is 4.40. The van der Waals surface area contributed by atoms with Gasteiger partial charge in [0.05, 0.1) is 24.4 Å². The average Bonchev–Trinajstić information content (AvgIpc) is 2.50. The summed E-state index contributed by atoms with van der Waals surface area (Å²) in [5.41, 5.74) is 0.766. The third kappa shape index (κ3) is 6.90. The maximum absolute atomic E-state index is 10.1. The molecule has 0 spiro atoms. The van der Waals surface area contributed by atoms with Crippen molar-refractivity contribution in [1.82, 2.24) is 0 Å². The highest BCUT2D eigenvalue weighted by atomic mass is 16.7. The van der Waals surface area contributed by atoms with Gasteiger partial charge >= 0.3 is 0 Å². The van der Waals surface area contributed by atoms with Crippen molar-refractivity contribution < 1.29 is 19.3 Å². The zero-order chi connectivity index (χ0) is 18.3. The standard InChI is InChI=1S/C21H32O4/c1-5-9-18(22)14-21(4)15-19(24-20(2,3)25-21)12-13-23-16-17-10-7-6-8-11-17/h5-8,10-11,18-19,22H,1,9,12-16H2,2-4H3/t18?,19-,21+/m0/s1. The molecule has 1 saturated heterocycles. The average molecular weight is 348 g/mol. The maximum atomic E-state index is 10.1. The monoisotopic (exact) mass is 348 g/mol. The van der Waals surface area contributed by atoms with Crippen molar-refractivity contribution in [1.29, 1.82) is 0 Å². The lowest BCUT2D eigenvalue weighted by molar-refractivity contribution is -0.335. The van der Waals surface area contributed by atoms with Crippen molar-refractivity contribution in [3.05, 3.63) is 48.6 Å². The minimum Gasteiger partial charge on any atom is -0.393 e. The summed E-state index contributed by atoms with van der Waals surface area (Å²) < 4.78 is 18.0. The Balaban J connectivity index is 1.83. The summed E-state index contributed by atoms with van der Waals surface area (Å²) in [6, 6.07) is 10.2. The number of aliphatic hydroxyl groups excluding tert-OH is 1. The number of aliphatic hydroxyl groups is 1. The first-order chi connectivity index (χ1) is 11.8. The highest BCUT2D eigenvalue weighted by Gasteiger charge is 2.43. The van der Waals surface area contributed by atoms with Gasteiger partial charge in [0.2, 0.25) is 0 Å². The molecular weight excluding hydrogens is 316 g/mol. The molecule has 25 heavy (non-hydrogen) atoms. The van der Waals surface area contributed by atoms with E-state index >= 15 is 0 Å². The Hall–Kier alpha value is -1.20. The predicted octanol–water partition coefficient (Wildman–Crippen LogP) is 4.22. The van der Waals surface area contributed by atoms with Crippen molar-refractivity contribution in [2.45, 2.75) is 76.7 Å². The van der Waals surface area contributed by atoms with Crippen LogP contribution in [0.5, 0.6) is 0 Å². The van der Waals surface area contributed by atoms with Crippen LogP contribution in [0.25, 0.3) is 0 Å². The number of hydrogen-bond acceptors (Lipinski definition) is 4. The summed E-state index contributed by atoms with van der Waals surface area (Å²) in [5.74, 6) is -0.662. The molecule has 1 N–H and O–H groups in total. The van der Waals surface area contributed by atoms with Crippen LogP contribution in [0.2, 0.25) is 0 Å². The van der Waals surface area contributed by atoms with Gasteiger partial charge in [-0.2, -0.15) is 0 Å². The second kappa shape index (κ2) is 8.95. The molecule has 140 valence electrons. The Kier molecular flexibility index (Phi) is 7.20. The number of benzene rings is 1. The van der Waals surface area contributed by atoms with E-state index in [-0.39, 0.29) is 6.10 Å². The molecule has 1 heterocycles. The summed E-state index contributed by atoms with van der Waals surface area (Å²) >= 11 is 0. The molecule has 1 aliphatic rings. The first kappa shape index (κ1) is 20.1. The molecular formula is C21H32O4. The second-order valence-corrected chi connectivity index (χ2v) is 7.60. The Morgan fingerprint density at radius 1 is 1.32 bits per heavy atom. The van der Waals surface area contributed by atoms with E-state index in [9.17, 15) is 5.11 Å². The molecule has 2 rings (SSSR count). The fourth-order valence-electron chi connectivity index (χ4n) is 3.62. The Labute approximate surface area is 151 Å². The van der Waals surface area contributed by atoms with E-state index in [2.05, 4.69) is 25.6 Å². The minimum absolute atomic E-state index is 0.0560. The van der Waals surface area contributed by atoms with Gasteiger partial charge in [0.25, 0.3) is 0 Å². The Morgan fingerprint density at radius 2 is 2.04 bits per heavy atom. The number of hydrogen-bond donors (Lipinski definition) is 1. The molecule has 0 amide bonds. The molecule has 1 aromatic carbocycles. The van der Waals surface area contributed by atoms with Crippen molar-refractivity contribution in [3.8, 4) is 0 Å². The predicted molar refractivity (Wildman–Crippen MR) is 99.2 cm³/mol. The molecule has 1 aliphatic heterocycles. The lowest BCUT2D eigenvalue weighted by Crippen LogP contribution is -2.52. The van der Waals surface area contributed by atoms with Gasteiger partial charge in [-0.15, -0.1) is 6.58 Å². The van der Waals surface area contributed by atoms with Crippen LogP contribution in [0.3, 0.4) is 0 Å². The van der Waals surface area contributed by atoms with Crippen molar-refractivity contribution in [2.24, 2.45) is 0 Å². The van der Waals surface area contributed by atoms with Crippen LogP contribution in [-0.4, -0.2) is 35.3 Å². The lowest BCUT2D eigenvalue weighted by Gasteiger charge is -2.47. The fourth-order valence-corrected chi connectivity index (χ4v) is 3.62.